The van der Waals surface area contributed by atoms with Gasteiger partial charge in [0.05, 0.1) is 22.2 Å². The number of nitrogens with one attached hydrogen (secondary N) is 1. The number of methoxy groups -OCH3 is 1. The monoisotopic (exact) mass is 570 g/mol. The van der Waals surface area contributed by atoms with Crippen LogP contribution >= 0.6 is 22.9 Å². The van der Waals surface area contributed by atoms with Gasteiger partial charge in [-0.3, -0.25) is 4.79 Å². The average molecular weight is 571 g/mol. The zero-order chi connectivity index (χ0) is 27.7. The lowest BCUT2D eigenvalue weighted by Crippen LogP contribution is -2.44. The number of benzene rings is 3. The van der Waals surface area contributed by atoms with Crippen LogP contribution < -0.4 is 10.1 Å². The molecule has 0 radical (unpaired) electrons. The molecule has 4 aromatic rings. The van der Waals surface area contributed by atoms with E-state index in [1.165, 1.54) is 0 Å². The van der Waals surface area contributed by atoms with Crippen molar-refractivity contribution in [3.63, 3.8) is 0 Å². The van der Waals surface area contributed by atoms with Crippen LogP contribution in [-0.4, -0.2) is 42.2 Å². The molecule has 9 heteroatoms. The first kappa shape index (κ1) is 27.4. The van der Waals surface area contributed by atoms with Crippen molar-refractivity contribution in [2.45, 2.75) is 44.3 Å². The number of halogens is 3. The van der Waals surface area contributed by atoms with Gasteiger partial charge in [0.2, 0.25) is 0 Å². The highest BCUT2D eigenvalue weighted by molar-refractivity contribution is 7.21. The molecule has 1 fully saturated rings. The van der Waals surface area contributed by atoms with Gasteiger partial charge in [0.1, 0.15) is 28.0 Å². The van der Waals surface area contributed by atoms with Crippen molar-refractivity contribution in [3.8, 4) is 22.6 Å². The first-order valence-corrected chi connectivity index (χ1v) is 14.0. The molecule has 1 aromatic heterocycles. The largest absolute Gasteiger partial charge is 0.508 e. The number of amides is 1. The number of nitrogens with zero attached hydrogens (tertiary/aromatic N) is 1. The number of carbonyl (C=O) groups excluding carboxylic acids is 1. The van der Waals surface area contributed by atoms with Crippen LogP contribution in [0.5, 0.6) is 11.5 Å². The Kier molecular flexibility index (Phi) is 8.07. The smallest absolute Gasteiger partial charge is 0.266 e. The minimum atomic E-state index is -0.656. The Bertz CT molecular complexity index is 1500. The van der Waals surface area contributed by atoms with E-state index >= 15 is 0 Å². The van der Waals surface area contributed by atoms with Gasteiger partial charge in [0.15, 0.2) is 0 Å². The Morgan fingerprint density at radius 1 is 1.05 bits per heavy atom. The van der Waals surface area contributed by atoms with Crippen molar-refractivity contribution in [1.82, 2.24) is 10.2 Å². The van der Waals surface area contributed by atoms with E-state index in [1.54, 1.807) is 24.1 Å². The molecule has 0 unspecified atom stereocenters. The van der Waals surface area contributed by atoms with E-state index in [-0.39, 0.29) is 44.2 Å². The number of phenols is 1. The standard InChI is InChI=1S/C30H29ClF2N2O3S/c1-34-20-6-8-21(9-7-20)35(30(37)29-27(31)26-23(32)12-13-24(33)28(26)39-29)16-19-15-18(5-14-25(19)38-2)17-3-10-22(36)11-4-17/h3-5,10-15,20-21,34,36H,6-9,16H2,1-2H3/t20-,21+. The Labute approximate surface area is 235 Å². The number of fused-ring (bicyclic) bond motifs is 1. The molecule has 1 heterocycles. The second kappa shape index (κ2) is 11.5. The first-order valence-electron chi connectivity index (χ1n) is 12.8. The molecule has 0 saturated heterocycles. The predicted molar refractivity (Wildman–Crippen MR) is 152 cm³/mol. The van der Waals surface area contributed by atoms with Crippen molar-refractivity contribution in [2.75, 3.05) is 14.2 Å². The van der Waals surface area contributed by atoms with E-state index in [0.717, 1.165) is 65.8 Å². The quantitative estimate of drug-likeness (QED) is 0.243. The highest BCUT2D eigenvalue weighted by atomic mass is 35.5. The highest BCUT2D eigenvalue weighted by Gasteiger charge is 2.33. The molecular formula is C30H29ClF2N2O3S. The summed E-state index contributed by atoms with van der Waals surface area (Å²) in [5.74, 6) is -0.823. The summed E-state index contributed by atoms with van der Waals surface area (Å²) in [6.45, 7) is 0.234. The van der Waals surface area contributed by atoms with Crippen LogP contribution in [0.1, 0.15) is 40.9 Å². The maximum Gasteiger partial charge on any atom is 0.266 e. The predicted octanol–water partition coefficient (Wildman–Crippen LogP) is 7.39. The normalized spacial score (nSPS) is 17.4. The summed E-state index contributed by atoms with van der Waals surface area (Å²) in [6, 6.07) is 15.0. The van der Waals surface area contributed by atoms with Gasteiger partial charge in [0.25, 0.3) is 5.91 Å². The molecule has 2 N–H and O–H groups in total. The maximum absolute atomic E-state index is 14.6. The lowest BCUT2D eigenvalue weighted by atomic mass is 9.89. The summed E-state index contributed by atoms with van der Waals surface area (Å²) in [5.41, 5.74) is 2.60. The van der Waals surface area contributed by atoms with Crippen molar-refractivity contribution in [3.05, 3.63) is 81.7 Å². The van der Waals surface area contributed by atoms with Gasteiger partial charge in [-0.1, -0.05) is 29.8 Å². The number of ether oxygens (including phenoxy) is 1. The number of hydrogen-bond donors (Lipinski definition) is 2. The minimum absolute atomic E-state index is 0.0362. The van der Waals surface area contributed by atoms with Crippen LogP contribution in [0.25, 0.3) is 21.2 Å². The van der Waals surface area contributed by atoms with Gasteiger partial charge in [-0.25, -0.2) is 8.78 Å². The Hall–Kier alpha value is -3.20. The molecule has 1 aliphatic rings. The first-order chi connectivity index (χ1) is 18.8. The van der Waals surface area contributed by atoms with Gasteiger partial charge in [-0.05, 0) is 80.3 Å². The number of carbonyl (C=O) groups is 1. The summed E-state index contributed by atoms with van der Waals surface area (Å²) in [5, 5.41) is 12.9. The third-order valence-corrected chi connectivity index (χ3v) is 9.18. The van der Waals surface area contributed by atoms with Crippen LogP contribution in [0.2, 0.25) is 5.02 Å². The molecule has 0 atom stereocenters. The highest BCUT2D eigenvalue weighted by Crippen LogP contribution is 2.40. The Balaban J connectivity index is 1.55. The summed E-state index contributed by atoms with van der Waals surface area (Å²) < 4.78 is 34.9. The van der Waals surface area contributed by atoms with Crippen molar-refractivity contribution < 1.29 is 23.4 Å². The lowest BCUT2D eigenvalue weighted by molar-refractivity contribution is 0.0604. The number of phenolic OH excluding ortho intramolecular Hbond substituents is 1. The molecule has 5 nitrogen and oxygen atoms in total. The molecule has 0 aliphatic heterocycles. The minimum Gasteiger partial charge on any atom is -0.508 e. The van der Waals surface area contributed by atoms with E-state index in [9.17, 15) is 18.7 Å². The molecule has 5 rings (SSSR count). The van der Waals surface area contributed by atoms with Crippen LogP contribution in [0.3, 0.4) is 0 Å². The van der Waals surface area contributed by atoms with Crippen LogP contribution in [0.15, 0.2) is 54.6 Å². The zero-order valence-electron chi connectivity index (χ0n) is 21.6. The van der Waals surface area contributed by atoms with Crippen molar-refractivity contribution in [2.24, 2.45) is 0 Å². The molecular weight excluding hydrogens is 542 g/mol. The fourth-order valence-electron chi connectivity index (χ4n) is 5.33. The maximum atomic E-state index is 14.6. The Morgan fingerprint density at radius 2 is 1.72 bits per heavy atom. The molecule has 1 saturated carbocycles. The lowest BCUT2D eigenvalue weighted by Gasteiger charge is -2.37. The molecule has 39 heavy (non-hydrogen) atoms. The fraction of sp³-hybridized carbons (Fsp3) is 0.300. The zero-order valence-corrected chi connectivity index (χ0v) is 23.2. The molecule has 1 aliphatic carbocycles. The fourth-order valence-corrected chi connectivity index (χ4v) is 6.83. The number of rotatable bonds is 7. The Morgan fingerprint density at radius 3 is 2.36 bits per heavy atom. The number of hydrogen-bond acceptors (Lipinski definition) is 5. The summed E-state index contributed by atoms with van der Waals surface area (Å²) in [7, 11) is 3.52. The second-order valence-corrected chi connectivity index (χ2v) is 11.2. The van der Waals surface area contributed by atoms with Gasteiger partial charge in [-0.15, -0.1) is 11.3 Å². The van der Waals surface area contributed by atoms with Crippen molar-refractivity contribution in [1.29, 1.82) is 0 Å². The number of thiophene rings is 1. The summed E-state index contributed by atoms with van der Waals surface area (Å²) in [6.07, 6.45) is 3.36. The summed E-state index contributed by atoms with van der Waals surface area (Å²) in [4.78, 5) is 16.0. The third kappa shape index (κ3) is 5.46. The van der Waals surface area contributed by atoms with Crippen LogP contribution in [0, 0.1) is 11.6 Å². The second-order valence-electron chi connectivity index (χ2n) is 9.78. The van der Waals surface area contributed by atoms with Gasteiger partial charge >= 0.3 is 0 Å². The van der Waals surface area contributed by atoms with E-state index in [2.05, 4.69) is 5.32 Å². The van der Waals surface area contributed by atoms with Gasteiger partial charge < -0.3 is 20.1 Å². The topological polar surface area (TPSA) is 61.8 Å². The molecule has 0 spiro atoms. The average Bonchev–Trinajstić information content (AvgIpc) is 3.32. The van der Waals surface area contributed by atoms with E-state index in [4.69, 9.17) is 16.3 Å². The number of aromatic hydroxyl groups is 1. The van der Waals surface area contributed by atoms with E-state index < -0.39 is 11.6 Å². The van der Waals surface area contributed by atoms with Crippen LogP contribution in [-0.2, 0) is 6.54 Å². The van der Waals surface area contributed by atoms with E-state index in [1.807, 2.05) is 37.4 Å². The van der Waals surface area contributed by atoms with Gasteiger partial charge in [-0.2, -0.15) is 0 Å². The SMILES string of the molecule is CN[C@H]1CC[C@@H](N(Cc2cc(-c3ccc(O)cc3)ccc2OC)C(=O)c2sc3c(F)ccc(F)c3c2Cl)CC1. The summed E-state index contributed by atoms with van der Waals surface area (Å²) >= 11 is 7.43. The molecule has 3 aromatic carbocycles. The molecule has 204 valence electrons. The molecule has 1 amide bonds. The van der Waals surface area contributed by atoms with Gasteiger partial charge in [0, 0.05) is 24.2 Å². The van der Waals surface area contributed by atoms with Crippen LogP contribution in [0.4, 0.5) is 8.78 Å². The third-order valence-electron chi connectivity index (χ3n) is 7.50. The van der Waals surface area contributed by atoms with E-state index in [0.29, 0.717) is 11.8 Å². The molecule has 0 bridgehead atoms. The van der Waals surface area contributed by atoms with Crippen molar-refractivity contribution >= 4 is 38.9 Å².